The smallest absolute Gasteiger partial charge is 0.266 e. The van der Waals surface area contributed by atoms with Gasteiger partial charge in [0.1, 0.15) is 0 Å². The molecule has 0 saturated carbocycles. The third kappa shape index (κ3) is 5.78. The van der Waals surface area contributed by atoms with Gasteiger partial charge in [-0.05, 0) is 86.3 Å². The van der Waals surface area contributed by atoms with E-state index >= 15 is 0 Å². The number of piperidine rings is 1. The molecule has 1 saturated heterocycles. The zero-order valence-electron chi connectivity index (χ0n) is 21.9. The highest BCUT2D eigenvalue weighted by Crippen LogP contribution is 2.24. The number of para-hydroxylation sites is 1. The Morgan fingerprint density at radius 1 is 0.949 bits per heavy atom. The maximum atomic E-state index is 13.5. The third-order valence-electron chi connectivity index (χ3n) is 6.92. The van der Waals surface area contributed by atoms with E-state index in [1.807, 2.05) is 38.1 Å². The van der Waals surface area contributed by atoms with E-state index in [1.54, 1.807) is 34.9 Å². The molecule has 1 aliphatic rings. The first kappa shape index (κ1) is 27.1. The van der Waals surface area contributed by atoms with Crippen LogP contribution in [0.3, 0.4) is 0 Å². The number of hydrogen-bond acceptors (Lipinski definition) is 6. The lowest BCUT2D eigenvalue weighted by molar-refractivity contribution is -0.113. The summed E-state index contributed by atoms with van der Waals surface area (Å²) in [6.45, 7) is 5.07. The van der Waals surface area contributed by atoms with Crippen LogP contribution in [0.4, 0.5) is 5.69 Å². The van der Waals surface area contributed by atoms with Crippen LogP contribution in [0.25, 0.3) is 16.6 Å². The van der Waals surface area contributed by atoms with Gasteiger partial charge in [-0.1, -0.05) is 36.4 Å². The molecular weight excluding hydrogens is 532 g/mol. The zero-order valence-corrected chi connectivity index (χ0v) is 23.5. The standard InChI is InChI=1S/C29H30N4O4S2/c1-20-10-13-23(18-21(20)2)33-28(35)25-8-4-5-9-26(25)31-29(33)38-19-27(34)30-22-11-14-24(15-12-22)39(36,37)32-16-6-3-7-17-32/h4-5,8-15,18H,3,6-7,16-17,19H2,1-2H3,(H,30,34). The molecule has 1 N–H and O–H groups in total. The van der Waals surface area contributed by atoms with Crippen molar-refractivity contribution in [1.82, 2.24) is 13.9 Å². The Balaban J connectivity index is 1.34. The van der Waals surface area contributed by atoms with Gasteiger partial charge in [0.15, 0.2) is 5.16 Å². The third-order valence-corrected chi connectivity index (χ3v) is 9.77. The Labute approximate surface area is 232 Å². The Morgan fingerprint density at radius 2 is 1.67 bits per heavy atom. The lowest BCUT2D eigenvalue weighted by Crippen LogP contribution is -2.35. The van der Waals surface area contributed by atoms with E-state index in [1.165, 1.54) is 28.2 Å². The van der Waals surface area contributed by atoms with Crippen LogP contribution in [0.2, 0.25) is 0 Å². The number of hydrogen-bond donors (Lipinski definition) is 1. The molecule has 1 fully saturated rings. The molecule has 10 heteroatoms. The number of benzene rings is 3. The summed E-state index contributed by atoms with van der Waals surface area (Å²) in [5.41, 5.74) is 3.72. The summed E-state index contributed by atoms with van der Waals surface area (Å²) < 4.78 is 28.8. The highest BCUT2D eigenvalue weighted by molar-refractivity contribution is 7.99. The van der Waals surface area contributed by atoms with Gasteiger partial charge in [0.2, 0.25) is 15.9 Å². The molecule has 3 aromatic carbocycles. The number of amides is 1. The number of rotatable bonds is 7. The molecule has 202 valence electrons. The van der Waals surface area contributed by atoms with Crippen LogP contribution >= 0.6 is 11.8 Å². The van der Waals surface area contributed by atoms with Gasteiger partial charge in [0.25, 0.3) is 5.56 Å². The van der Waals surface area contributed by atoms with Crippen molar-refractivity contribution in [2.45, 2.75) is 43.2 Å². The first-order valence-corrected chi connectivity index (χ1v) is 15.3. The van der Waals surface area contributed by atoms with Crippen molar-refractivity contribution in [3.05, 3.63) is 88.2 Å². The fourth-order valence-corrected chi connectivity index (χ4v) is 6.92. The largest absolute Gasteiger partial charge is 0.325 e. The van der Waals surface area contributed by atoms with Gasteiger partial charge in [-0.2, -0.15) is 4.31 Å². The zero-order chi connectivity index (χ0) is 27.6. The van der Waals surface area contributed by atoms with E-state index in [4.69, 9.17) is 4.98 Å². The molecule has 8 nitrogen and oxygen atoms in total. The summed E-state index contributed by atoms with van der Waals surface area (Å²) in [7, 11) is -3.54. The Bertz CT molecular complexity index is 1690. The highest BCUT2D eigenvalue weighted by atomic mass is 32.2. The van der Waals surface area contributed by atoms with E-state index in [-0.39, 0.29) is 22.1 Å². The first-order chi connectivity index (χ1) is 18.7. The van der Waals surface area contributed by atoms with Gasteiger partial charge in [-0.3, -0.25) is 14.2 Å². The van der Waals surface area contributed by atoms with Crippen molar-refractivity contribution in [3.63, 3.8) is 0 Å². The van der Waals surface area contributed by atoms with Crippen LogP contribution < -0.4 is 10.9 Å². The second kappa shape index (κ2) is 11.3. The maximum absolute atomic E-state index is 13.5. The van der Waals surface area contributed by atoms with E-state index in [9.17, 15) is 18.0 Å². The molecule has 4 aromatic rings. The van der Waals surface area contributed by atoms with Crippen LogP contribution in [0, 0.1) is 13.8 Å². The van der Waals surface area contributed by atoms with Crippen molar-refractivity contribution in [1.29, 1.82) is 0 Å². The lowest BCUT2D eigenvalue weighted by Gasteiger charge is -2.25. The number of sulfonamides is 1. The average molecular weight is 563 g/mol. The SMILES string of the molecule is Cc1ccc(-n2c(SCC(=O)Nc3ccc(S(=O)(=O)N4CCCCC4)cc3)nc3ccccc3c2=O)cc1C. The summed E-state index contributed by atoms with van der Waals surface area (Å²) in [5.74, 6) is -0.274. The topological polar surface area (TPSA) is 101 Å². The molecule has 0 bridgehead atoms. The number of aryl methyl sites for hydroxylation is 2. The van der Waals surface area contributed by atoms with E-state index in [0.29, 0.717) is 40.5 Å². The van der Waals surface area contributed by atoms with E-state index in [2.05, 4.69) is 5.32 Å². The molecule has 0 atom stereocenters. The summed E-state index contributed by atoms with van der Waals surface area (Å²) >= 11 is 1.17. The summed E-state index contributed by atoms with van der Waals surface area (Å²) in [6.07, 6.45) is 2.79. The predicted molar refractivity (Wildman–Crippen MR) is 155 cm³/mol. The quantitative estimate of drug-likeness (QED) is 0.254. The first-order valence-electron chi connectivity index (χ1n) is 12.9. The summed E-state index contributed by atoms with van der Waals surface area (Å²) in [5, 5.41) is 3.74. The van der Waals surface area contributed by atoms with Gasteiger partial charge < -0.3 is 5.32 Å². The number of nitrogens with one attached hydrogen (secondary N) is 1. The van der Waals surface area contributed by atoms with Crippen LogP contribution in [-0.2, 0) is 14.8 Å². The number of fused-ring (bicyclic) bond motifs is 1. The second-order valence-electron chi connectivity index (χ2n) is 9.65. The lowest BCUT2D eigenvalue weighted by atomic mass is 10.1. The minimum Gasteiger partial charge on any atom is -0.325 e. The average Bonchev–Trinajstić information content (AvgIpc) is 2.94. The van der Waals surface area contributed by atoms with Crippen LogP contribution in [-0.4, -0.2) is 47.0 Å². The van der Waals surface area contributed by atoms with Crippen molar-refractivity contribution in [2.24, 2.45) is 0 Å². The molecule has 2 heterocycles. The molecule has 0 radical (unpaired) electrons. The van der Waals surface area contributed by atoms with Crippen LogP contribution in [0.5, 0.6) is 0 Å². The van der Waals surface area contributed by atoms with Gasteiger partial charge in [-0.15, -0.1) is 0 Å². The fraction of sp³-hybridized carbons (Fsp3) is 0.276. The van der Waals surface area contributed by atoms with Gasteiger partial charge in [0, 0.05) is 18.8 Å². The Kier molecular flexibility index (Phi) is 7.88. The van der Waals surface area contributed by atoms with Crippen molar-refractivity contribution < 1.29 is 13.2 Å². The van der Waals surface area contributed by atoms with E-state index < -0.39 is 10.0 Å². The molecule has 1 aromatic heterocycles. The predicted octanol–water partition coefficient (Wildman–Crippen LogP) is 4.91. The molecule has 0 aliphatic carbocycles. The highest BCUT2D eigenvalue weighted by Gasteiger charge is 2.25. The molecule has 1 aliphatic heterocycles. The molecule has 39 heavy (non-hydrogen) atoms. The van der Waals surface area contributed by atoms with Crippen molar-refractivity contribution >= 4 is 44.3 Å². The number of thioether (sulfide) groups is 1. The number of carbonyl (C=O) groups is 1. The van der Waals surface area contributed by atoms with E-state index in [0.717, 1.165) is 30.4 Å². The summed E-state index contributed by atoms with van der Waals surface area (Å²) in [6, 6.07) is 19.2. The molecule has 0 unspecified atom stereocenters. The molecule has 0 spiro atoms. The summed E-state index contributed by atoms with van der Waals surface area (Å²) in [4.78, 5) is 31.2. The Hall–Kier alpha value is -3.47. The van der Waals surface area contributed by atoms with Gasteiger partial charge in [-0.25, -0.2) is 13.4 Å². The van der Waals surface area contributed by atoms with Crippen LogP contribution in [0.1, 0.15) is 30.4 Å². The second-order valence-corrected chi connectivity index (χ2v) is 12.5. The number of anilines is 1. The number of nitrogens with zero attached hydrogens (tertiary/aromatic N) is 3. The minimum atomic E-state index is -3.54. The monoisotopic (exact) mass is 562 g/mol. The number of carbonyl (C=O) groups excluding carboxylic acids is 1. The molecular formula is C29H30N4O4S2. The Morgan fingerprint density at radius 3 is 2.38 bits per heavy atom. The van der Waals surface area contributed by atoms with Crippen molar-refractivity contribution in [2.75, 3.05) is 24.2 Å². The molecule has 5 rings (SSSR count). The maximum Gasteiger partial charge on any atom is 0.266 e. The number of aromatic nitrogens is 2. The van der Waals surface area contributed by atoms with Crippen molar-refractivity contribution in [3.8, 4) is 5.69 Å². The van der Waals surface area contributed by atoms with Gasteiger partial charge in [0.05, 0.1) is 27.2 Å². The van der Waals surface area contributed by atoms with Crippen LogP contribution in [0.15, 0.2) is 81.6 Å². The molecule has 1 amide bonds. The fourth-order valence-electron chi connectivity index (χ4n) is 4.59. The minimum absolute atomic E-state index is 0.0173. The normalized spacial score (nSPS) is 14.4. The van der Waals surface area contributed by atoms with Gasteiger partial charge >= 0.3 is 0 Å².